The molecule has 7 nitrogen and oxygen atoms in total. The maximum Gasteiger partial charge on any atom is 0.478 e. The summed E-state index contributed by atoms with van der Waals surface area (Å²) in [6, 6.07) is 0. The van der Waals surface area contributed by atoms with Gasteiger partial charge in [0.15, 0.2) is 0 Å². The Balaban J connectivity index is 3.20. The van der Waals surface area contributed by atoms with Crippen molar-refractivity contribution in [2.45, 2.75) is 0 Å². The van der Waals surface area contributed by atoms with Crippen LogP contribution in [0.2, 0.25) is 0 Å². The minimum Gasteiger partial charge on any atom is -0.249 e. The second-order valence-corrected chi connectivity index (χ2v) is 2.42. The molecule has 2 N–H and O–H groups in total. The van der Waals surface area contributed by atoms with Crippen LogP contribution < -0.4 is 4.20 Å². The SMILES string of the molecule is O=S(=O)(O)[n+]1ncn[nH]1. The molecule has 1 aromatic rings. The molecule has 0 aliphatic heterocycles. The van der Waals surface area contributed by atoms with Gasteiger partial charge in [0.05, 0.1) is 9.30 Å². The predicted molar refractivity (Wildman–Crippen MR) is 23.5 cm³/mol. The van der Waals surface area contributed by atoms with Crippen LogP contribution in [0.3, 0.4) is 0 Å². The first kappa shape index (κ1) is 6.11. The Labute approximate surface area is 50.2 Å². The zero-order valence-corrected chi connectivity index (χ0v) is 4.91. The summed E-state index contributed by atoms with van der Waals surface area (Å²) in [4.78, 5) is 0. The summed E-state index contributed by atoms with van der Waals surface area (Å²) in [7, 11) is -4.27. The van der Waals surface area contributed by atoms with Crippen LogP contribution in [0.1, 0.15) is 0 Å². The molecule has 0 saturated heterocycles. The zero-order valence-electron chi connectivity index (χ0n) is 4.09. The summed E-state index contributed by atoms with van der Waals surface area (Å²) in [6.07, 6.45) is 0.952. The molecule has 1 rings (SSSR count). The maximum absolute atomic E-state index is 10.1. The highest BCUT2D eigenvalue weighted by molar-refractivity contribution is 7.78. The van der Waals surface area contributed by atoms with Gasteiger partial charge in [0.2, 0.25) is 0 Å². The van der Waals surface area contributed by atoms with Crippen LogP contribution in [0.4, 0.5) is 0 Å². The van der Waals surface area contributed by atoms with Crippen LogP contribution in [0.5, 0.6) is 0 Å². The molecule has 0 spiro atoms. The highest BCUT2D eigenvalue weighted by Gasteiger charge is 2.15. The summed E-state index contributed by atoms with van der Waals surface area (Å²) in [5.74, 6) is 0. The lowest BCUT2D eigenvalue weighted by Crippen LogP contribution is -2.46. The molecule has 0 bridgehead atoms. The van der Waals surface area contributed by atoms with Crippen LogP contribution >= 0.6 is 0 Å². The molecule has 0 unspecified atom stereocenters. The quantitative estimate of drug-likeness (QED) is 0.348. The van der Waals surface area contributed by atoms with Gasteiger partial charge in [-0.05, 0) is 10.3 Å². The maximum atomic E-state index is 10.1. The van der Waals surface area contributed by atoms with Crippen LogP contribution in [0, 0.1) is 0 Å². The smallest absolute Gasteiger partial charge is 0.249 e. The Morgan fingerprint density at radius 2 is 2.33 bits per heavy atom. The lowest BCUT2D eigenvalue weighted by atomic mass is 11.4. The van der Waals surface area contributed by atoms with Gasteiger partial charge in [-0.3, -0.25) is 0 Å². The molecule has 0 aliphatic rings. The van der Waals surface area contributed by atoms with E-state index in [4.69, 9.17) is 4.55 Å². The minimum absolute atomic E-state index is 0.229. The molecule has 0 aliphatic carbocycles. The topological polar surface area (TPSA) is 99.8 Å². The number of aromatic nitrogens is 4. The van der Waals surface area contributed by atoms with Crippen molar-refractivity contribution in [1.29, 1.82) is 0 Å². The van der Waals surface area contributed by atoms with Gasteiger partial charge in [0.25, 0.3) is 6.33 Å². The number of hydrogen-bond acceptors (Lipinski definition) is 4. The molecule has 1 aromatic heterocycles. The molecule has 50 valence electrons. The van der Waals surface area contributed by atoms with E-state index in [-0.39, 0.29) is 4.20 Å². The minimum atomic E-state index is -4.27. The van der Waals surface area contributed by atoms with E-state index in [1.807, 2.05) is 5.21 Å². The van der Waals surface area contributed by atoms with E-state index < -0.39 is 10.3 Å². The molecule has 1 heterocycles. The fourth-order valence-electron chi connectivity index (χ4n) is 0.285. The molecule has 0 radical (unpaired) electrons. The summed E-state index contributed by atoms with van der Waals surface area (Å²) >= 11 is 0. The Bertz CT molecular complexity index is 273. The Hall–Kier alpha value is -1.02. The second kappa shape index (κ2) is 1.74. The van der Waals surface area contributed by atoms with Crippen LogP contribution in [0.15, 0.2) is 6.33 Å². The summed E-state index contributed by atoms with van der Waals surface area (Å²) in [5.41, 5.74) is 0. The number of aromatic amines is 1. The number of tetrazole rings is 1. The molecule has 0 aromatic carbocycles. The number of nitrogens with zero attached hydrogens (tertiary/aromatic N) is 3. The van der Waals surface area contributed by atoms with Crippen molar-refractivity contribution in [3.63, 3.8) is 0 Å². The molecule has 8 heteroatoms. The van der Waals surface area contributed by atoms with Gasteiger partial charge in [-0.1, -0.05) is 0 Å². The monoisotopic (exact) mass is 151 g/mol. The van der Waals surface area contributed by atoms with Crippen molar-refractivity contribution in [1.82, 2.24) is 15.4 Å². The van der Waals surface area contributed by atoms with Crippen molar-refractivity contribution in [2.24, 2.45) is 0 Å². The van der Waals surface area contributed by atoms with E-state index in [2.05, 4.69) is 10.2 Å². The highest BCUT2D eigenvalue weighted by atomic mass is 32.2. The Morgan fingerprint density at radius 3 is 2.56 bits per heavy atom. The highest BCUT2D eigenvalue weighted by Crippen LogP contribution is 1.64. The zero-order chi connectivity index (χ0) is 6.91. The molecule has 9 heavy (non-hydrogen) atoms. The van der Waals surface area contributed by atoms with E-state index in [9.17, 15) is 8.42 Å². The third-order valence-electron chi connectivity index (χ3n) is 0.576. The summed E-state index contributed by atoms with van der Waals surface area (Å²) in [6.45, 7) is 0. The van der Waals surface area contributed by atoms with Gasteiger partial charge in [-0.2, -0.15) is 8.42 Å². The van der Waals surface area contributed by atoms with Gasteiger partial charge < -0.3 is 0 Å². The first-order valence-corrected chi connectivity index (χ1v) is 3.26. The normalized spacial score (nSPS) is 11.7. The largest absolute Gasteiger partial charge is 0.478 e. The molecular formula is CH3N4O3S+. The molecule has 0 fully saturated rings. The van der Waals surface area contributed by atoms with E-state index in [0.717, 1.165) is 6.33 Å². The third kappa shape index (κ3) is 1.21. The summed E-state index contributed by atoms with van der Waals surface area (Å²) in [5, 5.41) is 8.17. The number of nitrogens with one attached hydrogen (secondary N) is 1. The van der Waals surface area contributed by atoms with Crippen LogP contribution in [-0.2, 0) is 10.3 Å². The summed E-state index contributed by atoms with van der Waals surface area (Å²) < 4.78 is 28.6. The van der Waals surface area contributed by atoms with Crippen molar-refractivity contribution in [2.75, 3.05) is 0 Å². The van der Waals surface area contributed by atoms with E-state index >= 15 is 0 Å². The molecule has 0 saturated carbocycles. The fourth-order valence-corrected chi connectivity index (χ4v) is 0.597. The van der Waals surface area contributed by atoms with E-state index in [1.165, 1.54) is 0 Å². The van der Waals surface area contributed by atoms with Gasteiger partial charge in [0, 0.05) is 0 Å². The average molecular weight is 151 g/mol. The first-order valence-electron chi connectivity index (χ1n) is 1.86. The van der Waals surface area contributed by atoms with E-state index in [0.29, 0.717) is 0 Å². The van der Waals surface area contributed by atoms with Crippen molar-refractivity contribution < 1.29 is 17.2 Å². The average Bonchev–Trinajstić information content (AvgIpc) is 2.08. The lowest BCUT2D eigenvalue weighted by molar-refractivity contribution is -0.646. The molecular weight excluding hydrogens is 148 g/mol. The Morgan fingerprint density at radius 1 is 1.67 bits per heavy atom. The Kier molecular flexibility index (Phi) is 1.18. The third-order valence-corrected chi connectivity index (χ3v) is 1.19. The van der Waals surface area contributed by atoms with Gasteiger partial charge >= 0.3 is 10.3 Å². The van der Waals surface area contributed by atoms with E-state index in [1.54, 1.807) is 0 Å². The lowest BCUT2D eigenvalue weighted by Gasteiger charge is -1.78. The number of H-pyrrole nitrogens is 1. The number of hydrogen-bond donors (Lipinski definition) is 2. The standard InChI is InChI=1S/CH2N4O3S/c6-9(7,8)5-3-1-2-4-5/h1H,(H,6,7,8)/p+1. The molecule has 0 amide bonds. The number of rotatable bonds is 1. The van der Waals surface area contributed by atoms with Crippen LogP contribution in [-0.4, -0.2) is 28.4 Å². The molecule has 0 atom stereocenters. The van der Waals surface area contributed by atoms with Gasteiger partial charge in [-0.25, -0.2) is 4.55 Å². The predicted octanol–water partition coefficient (Wildman–Crippen LogP) is -2.26. The van der Waals surface area contributed by atoms with Gasteiger partial charge in [-0.15, -0.1) is 0 Å². The second-order valence-electron chi connectivity index (χ2n) is 1.18. The van der Waals surface area contributed by atoms with Gasteiger partial charge in [0.1, 0.15) is 0 Å². The van der Waals surface area contributed by atoms with Crippen molar-refractivity contribution in [3.05, 3.63) is 6.33 Å². The van der Waals surface area contributed by atoms with Crippen molar-refractivity contribution in [3.8, 4) is 0 Å². The first-order chi connectivity index (χ1) is 4.11. The van der Waals surface area contributed by atoms with Crippen LogP contribution in [0.25, 0.3) is 0 Å². The van der Waals surface area contributed by atoms with Crippen molar-refractivity contribution >= 4 is 10.3 Å². The fraction of sp³-hybridized carbons (Fsp3) is 0.